The van der Waals surface area contributed by atoms with Gasteiger partial charge in [-0.1, -0.05) is 153 Å². The molecule has 0 fully saturated rings. The van der Waals surface area contributed by atoms with Gasteiger partial charge in [0.1, 0.15) is 0 Å². The molecule has 3 aromatic heterocycles. The minimum absolute atomic E-state index is 0.0660. The Bertz CT molecular complexity index is 3370. The fourth-order valence-corrected chi connectivity index (χ4v) is 10.3. The van der Waals surface area contributed by atoms with Crippen molar-refractivity contribution >= 4 is 21.8 Å². The van der Waals surface area contributed by atoms with Crippen LogP contribution in [0.5, 0.6) is 0 Å². The van der Waals surface area contributed by atoms with Gasteiger partial charge in [-0.25, -0.2) is 0 Å². The fourth-order valence-electron chi connectivity index (χ4n) is 10.3. The summed E-state index contributed by atoms with van der Waals surface area (Å²) in [4.78, 5) is 9.42. The molecule has 3 nitrogen and oxygen atoms in total. The van der Waals surface area contributed by atoms with Crippen LogP contribution in [0.15, 0.2) is 231 Å². The molecule has 0 amide bonds. The Morgan fingerprint density at radius 3 is 1.56 bits per heavy atom. The molecule has 8 aromatic carbocycles. The summed E-state index contributed by atoms with van der Waals surface area (Å²) in [6.07, 6.45) is 7.95. The Hall–Kier alpha value is -8.14. The molecule has 11 aromatic rings. The Morgan fingerprint density at radius 1 is 0.359 bits per heavy atom. The molecule has 0 bridgehead atoms. The quantitative estimate of drug-likeness (QED) is 0.160. The molecule has 2 atom stereocenters. The molecule has 1 aliphatic rings. The lowest BCUT2D eigenvalue weighted by Crippen LogP contribution is -2.17. The van der Waals surface area contributed by atoms with Crippen molar-refractivity contribution in [2.75, 3.05) is 0 Å². The molecule has 302 valence electrons. The van der Waals surface area contributed by atoms with Gasteiger partial charge in [-0.3, -0.25) is 9.97 Å². The van der Waals surface area contributed by atoms with Gasteiger partial charge in [-0.15, -0.1) is 0 Å². The lowest BCUT2D eigenvalue weighted by Gasteiger charge is -2.34. The Labute approximate surface area is 373 Å². The third-order valence-electron chi connectivity index (χ3n) is 13.3. The molecule has 64 heavy (non-hydrogen) atoms. The molecule has 0 saturated heterocycles. The van der Waals surface area contributed by atoms with E-state index in [0.29, 0.717) is 0 Å². The summed E-state index contributed by atoms with van der Waals surface area (Å²) in [7, 11) is 0. The first kappa shape index (κ1) is 37.6. The lowest BCUT2D eigenvalue weighted by atomic mass is 9.70. The number of rotatable bonds is 7. The Morgan fingerprint density at radius 2 is 0.859 bits per heavy atom. The largest absolute Gasteiger partial charge is 0.308 e. The topological polar surface area (TPSA) is 30.7 Å². The first-order valence-corrected chi connectivity index (χ1v) is 22.1. The highest BCUT2D eigenvalue weighted by molar-refractivity contribution is 6.09. The standard InChI is InChI=1S/C61H43N3/c1-40-53-22-8-9-23-54(53)55-26-28-62-38-58(55)61(40)51-35-50(36-52(37-51)64-59-25-11-10-24-56(59)57-27-29-63-39-60(57)64)49-33-47(45-20-12-18-43(30-45)41-14-4-2-5-15-41)32-48(34-49)46-21-13-19-44(31-46)42-16-6-3-7-17-42/h2-40,61H,1H3/t40-,61?/m0/s1. The number of hydrogen-bond donors (Lipinski definition) is 0. The summed E-state index contributed by atoms with van der Waals surface area (Å²) in [6, 6.07) is 75.6. The minimum atomic E-state index is 0.0660. The van der Waals surface area contributed by atoms with Crippen LogP contribution in [-0.2, 0) is 0 Å². The highest BCUT2D eigenvalue weighted by atomic mass is 15.0. The minimum Gasteiger partial charge on any atom is -0.308 e. The second-order valence-corrected chi connectivity index (χ2v) is 17.1. The van der Waals surface area contributed by atoms with E-state index in [4.69, 9.17) is 4.98 Å². The van der Waals surface area contributed by atoms with E-state index >= 15 is 0 Å². The van der Waals surface area contributed by atoms with E-state index in [-0.39, 0.29) is 11.8 Å². The maximum absolute atomic E-state index is 4.75. The molecule has 0 N–H and O–H groups in total. The zero-order valence-electron chi connectivity index (χ0n) is 35.4. The maximum Gasteiger partial charge on any atom is 0.0724 e. The van der Waals surface area contributed by atoms with Crippen molar-refractivity contribution in [3.8, 4) is 72.4 Å². The second kappa shape index (κ2) is 15.6. The molecule has 3 heteroatoms. The van der Waals surface area contributed by atoms with Crippen LogP contribution in [0, 0.1) is 0 Å². The van der Waals surface area contributed by atoms with Gasteiger partial charge in [0, 0.05) is 41.0 Å². The van der Waals surface area contributed by atoms with Crippen LogP contribution in [0.2, 0.25) is 0 Å². The van der Waals surface area contributed by atoms with Crippen LogP contribution in [-0.4, -0.2) is 14.5 Å². The van der Waals surface area contributed by atoms with E-state index in [0.717, 1.165) is 39.0 Å². The van der Waals surface area contributed by atoms with Crippen molar-refractivity contribution in [3.63, 3.8) is 0 Å². The van der Waals surface area contributed by atoms with Crippen LogP contribution in [0.4, 0.5) is 0 Å². The average Bonchev–Trinajstić information content (AvgIpc) is 3.71. The van der Waals surface area contributed by atoms with Crippen LogP contribution < -0.4 is 0 Å². The van der Waals surface area contributed by atoms with Crippen molar-refractivity contribution in [2.24, 2.45) is 0 Å². The molecule has 0 aliphatic heterocycles. The van der Waals surface area contributed by atoms with Gasteiger partial charge < -0.3 is 4.57 Å². The van der Waals surface area contributed by atoms with E-state index in [9.17, 15) is 0 Å². The third kappa shape index (κ3) is 6.53. The highest BCUT2D eigenvalue weighted by Gasteiger charge is 2.33. The van der Waals surface area contributed by atoms with Gasteiger partial charge in [0.15, 0.2) is 0 Å². The van der Waals surface area contributed by atoms with Gasteiger partial charge >= 0.3 is 0 Å². The summed E-state index contributed by atoms with van der Waals surface area (Å²) < 4.78 is 2.41. The number of hydrogen-bond acceptors (Lipinski definition) is 2. The first-order valence-electron chi connectivity index (χ1n) is 22.1. The number of para-hydroxylation sites is 1. The molecule has 1 unspecified atom stereocenters. The normalized spacial score (nSPS) is 14.3. The SMILES string of the molecule is C[C@H]1c2ccccc2-c2ccncc2C1c1cc(-c2cc(-c3cccc(-c4ccccc4)c3)cc(-c3cccc(-c4ccccc4)c3)c2)cc(-n2c3ccccc3c3ccncc32)c1. The van der Waals surface area contributed by atoms with Crippen LogP contribution in [0.1, 0.15) is 35.4 Å². The van der Waals surface area contributed by atoms with Crippen molar-refractivity contribution in [3.05, 3.63) is 248 Å². The molecule has 1 aliphatic carbocycles. The number of benzene rings is 8. The van der Waals surface area contributed by atoms with Gasteiger partial charge in [-0.2, -0.15) is 0 Å². The monoisotopic (exact) mass is 817 g/mol. The zero-order valence-corrected chi connectivity index (χ0v) is 35.4. The van der Waals surface area contributed by atoms with Gasteiger partial charge in [-0.05, 0) is 150 Å². The number of fused-ring (bicyclic) bond motifs is 6. The van der Waals surface area contributed by atoms with Crippen molar-refractivity contribution in [2.45, 2.75) is 18.8 Å². The van der Waals surface area contributed by atoms with E-state index in [1.54, 1.807) is 0 Å². The van der Waals surface area contributed by atoms with Crippen molar-refractivity contribution < 1.29 is 0 Å². The second-order valence-electron chi connectivity index (χ2n) is 17.1. The molecule has 0 radical (unpaired) electrons. The van der Waals surface area contributed by atoms with Gasteiger partial charge in [0.2, 0.25) is 0 Å². The van der Waals surface area contributed by atoms with Crippen LogP contribution >= 0.6 is 0 Å². The predicted molar refractivity (Wildman–Crippen MR) is 266 cm³/mol. The molecule has 0 saturated carbocycles. The zero-order chi connectivity index (χ0) is 42.6. The van der Waals surface area contributed by atoms with Crippen LogP contribution in [0.25, 0.3) is 94.3 Å². The fraction of sp³-hybridized carbons (Fsp3) is 0.0492. The first-order chi connectivity index (χ1) is 31.6. The predicted octanol–water partition coefficient (Wildman–Crippen LogP) is 15.8. The Balaban J connectivity index is 1.12. The summed E-state index contributed by atoms with van der Waals surface area (Å²) in [5.74, 6) is 0.274. The molecular weight excluding hydrogens is 775 g/mol. The molecular formula is C61H43N3. The Kier molecular flexibility index (Phi) is 9.19. The van der Waals surface area contributed by atoms with E-state index in [2.05, 4.69) is 229 Å². The van der Waals surface area contributed by atoms with E-state index in [1.807, 2.05) is 18.6 Å². The highest BCUT2D eigenvalue weighted by Crippen LogP contribution is 2.50. The summed E-state index contributed by atoms with van der Waals surface area (Å²) >= 11 is 0. The van der Waals surface area contributed by atoms with Gasteiger partial charge in [0.05, 0.1) is 17.2 Å². The van der Waals surface area contributed by atoms with Crippen molar-refractivity contribution in [1.29, 1.82) is 0 Å². The van der Waals surface area contributed by atoms with E-state index < -0.39 is 0 Å². The number of pyridine rings is 2. The molecule has 3 heterocycles. The smallest absolute Gasteiger partial charge is 0.0724 e. The van der Waals surface area contributed by atoms with E-state index in [1.165, 1.54) is 72.0 Å². The molecule has 12 rings (SSSR count). The van der Waals surface area contributed by atoms with Crippen LogP contribution in [0.3, 0.4) is 0 Å². The van der Waals surface area contributed by atoms with Crippen molar-refractivity contribution in [1.82, 2.24) is 14.5 Å². The molecule has 0 spiro atoms. The average molecular weight is 818 g/mol. The maximum atomic E-state index is 4.75. The number of aromatic nitrogens is 3. The summed E-state index contributed by atoms with van der Waals surface area (Å²) in [5, 5.41) is 2.40. The summed E-state index contributed by atoms with van der Waals surface area (Å²) in [6.45, 7) is 2.38. The lowest BCUT2D eigenvalue weighted by molar-refractivity contribution is 0.647. The third-order valence-corrected chi connectivity index (χ3v) is 13.3. The summed E-state index contributed by atoms with van der Waals surface area (Å²) in [5.41, 5.74) is 21.5. The van der Waals surface area contributed by atoms with Gasteiger partial charge in [0.25, 0.3) is 0 Å². The number of nitrogens with zero attached hydrogens (tertiary/aromatic N) is 3.